The molecule has 0 radical (unpaired) electrons. The van der Waals surface area contributed by atoms with Gasteiger partial charge in [-0.15, -0.1) is 0 Å². The number of phenolic OH excluding ortho intramolecular Hbond substituents is 1. The Bertz CT molecular complexity index is 890. The molecule has 0 fully saturated rings. The normalized spacial score (nSPS) is 14.5. The number of aromatic hydroxyl groups is 1. The van der Waals surface area contributed by atoms with E-state index in [1.54, 1.807) is 18.2 Å². The Morgan fingerprint density at radius 1 is 1.04 bits per heavy atom. The predicted octanol–water partition coefficient (Wildman–Crippen LogP) is 3.44. The minimum Gasteiger partial charge on any atom is -0.508 e. The van der Waals surface area contributed by atoms with Crippen LogP contribution in [0.25, 0.3) is 0 Å². The highest BCUT2D eigenvalue weighted by Crippen LogP contribution is 2.32. The van der Waals surface area contributed by atoms with Gasteiger partial charge in [0.1, 0.15) is 16.5 Å². The van der Waals surface area contributed by atoms with E-state index >= 15 is 0 Å². The highest BCUT2D eigenvalue weighted by atomic mass is 35.5. The standard InChI is InChI=1S/C18H15ClN2O3/c1-10-6-7-11(2)14(8-10)21-17(23)15(19)16(18(21)24)20-12-4-3-5-13(22)9-12/h3-9,20,22H,1-2H3. The van der Waals surface area contributed by atoms with Crippen molar-refractivity contribution in [2.75, 3.05) is 10.2 Å². The van der Waals surface area contributed by atoms with Crippen molar-refractivity contribution in [3.63, 3.8) is 0 Å². The van der Waals surface area contributed by atoms with E-state index in [1.807, 2.05) is 26.0 Å². The number of nitrogens with zero attached hydrogens (tertiary/aromatic N) is 1. The third-order valence-corrected chi connectivity index (χ3v) is 4.10. The molecule has 6 heteroatoms. The Morgan fingerprint density at radius 3 is 2.50 bits per heavy atom. The van der Waals surface area contributed by atoms with Crippen LogP contribution in [0, 0.1) is 13.8 Å². The maximum Gasteiger partial charge on any atom is 0.283 e. The van der Waals surface area contributed by atoms with E-state index in [4.69, 9.17) is 11.6 Å². The van der Waals surface area contributed by atoms with Crippen LogP contribution in [0.2, 0.25) is 0 Å². The number of aryl methyl sites for hydroxylation is 2. The van der Waals surface area contributed by atoms with E-state index in [2.05, 4.69) is 5.32 Å². The third-order valence-electron chi connectivity index (χ3n) is 3.75. The molecular weight excluding hydrogens is 328 g/mol. The molecule has 0 saturated carbocycles. The van der Waals surface area contributed by atoms with Crippen LogP contribution in [-0.2, 0) is 9.59 Å². The number of nitrogens with one attached hydrogen (secondary N) is 1. The molecule has 2 amide bonds. The van der Waals surface area contributed by atoms with Gasteiger partial charge in [-0.3, -0.25) is 9.59 Å². The van der Waals surface area contributed by atoms with Crippen LogP contribution in [0.1, 0.15) is 11.1 Å². The number of hydrogen-bond acceptors (Lipinski definition) is 4. The largest absolute Gasteiger partial charge is 0.508 e. The number of halogens is 1. The minimum absolute atomic E-state index is 0.00632. The van der Waals surface area contributed by atoms with Crippen LogP contribution in [0.3, 0.4) is 0 Å². The lowest BCUT2D eigenvalue weighted by molar-refractivity contribution is -0.120. The molecule has 0 aromatic heterocycles. The maximum atomic E-state index is 12.7. The van der Waals surface area contributed by atoms with Gasteiger partial charge in [-0.1, -0.05) is 29.8 Å². The van der Waals surface area contributed by atoms with Crippen LogP contribution in [0.5, 0.6) is 5.75 Å². The summed E-state index contributed by atoms with van der Waals surface area (Å²) in [6.07, 6.45) is 0. The number of carbonyl (C=O) groups is 2. The second-order valence-corrected chi connectivity index (χ2v) is 5.98. The van der Waals surface area contributed by atoms with E-state index in [0.29, 0.717) is 11.4 Å². The van der Waals surface area contributed by atoms with Crippen molar-refractivity contribution in [1.82, 2.24) is 0 Å². The van der Waals surface area contributed by atoms with Gasteiger partial charge in [0.25, 0.3) is 11.8 Å². The van der Waals surface area contributed by atoms with E-state index in [9.17, 15) is 14.7 Å². The molecule has 0 unspecified atom stereocenters. The molecule has 2 aromatic carbocycles. The van der Waals surface area contributed by atoms with E-state index in [1.165, 1.54) is 12.1 Å². The molecule has 0 aliphatic carbocycles. The summed E-state index contributed by atoms with van der Waals surface area (Å²) in [4.78, 5) is 26.3. The molecule has 1 aliphatic rings. The number of imide groups is 1. The van der Waals surface area contributed by atoms with Gasteiger partial charge in [-0.2, -0.15) is 0 Å². The van der Waals surface area contributed by atoms with Crippen molar-refractivity contribution >= 4 is 34.8 Å². The van der Waals surface area contributed by atoms with Gasteiger partial charge in [-0.05, 0) is 43.2 Å². The zero-order valence-electron chi connectivity index (χ0n) is 13.1. The van der Waals surface area contributed by atoms with Crippen molar-refractivity contribution in [1.29, 1.82) is 0 Å². The zero-order chi connectivity index (χ0) is 17.4. The number of phenols is 1. The molecule has 2 N–H and O–H groups in total. The summed E-state index contributed by atoms with van der Waals surface area (Å²) in [6, 6.07) is 11.8. The Labute approximate surface area is 144 Å². The first kappa shape index (κ1) is 16.1. The molecule has 2 aromatic rings. The number of anilines is 2. The number of benzene rings is 2. The molecule has 3 rings (SSSR count). The van der Waals surface area contributed by atoms with Gasteiger partial charge < -0.3 is 10.4 Å². The molecular formula is C18H15ClN2O3. The van der Waals surface area contributed by atoms with Gasteiger partial charge >= 0.3 is 0 Å². The highest BCUT2D eigenvalue weighted by Gasteiger charge is 2.39. The number of carbonyl (C=O) groups excluding carboxylic acids is 2. The second-order valence-electron chi connectivity index (χ2n) is 5.60. The zero-order valence-corrected chi connectivity index (χ0v) is 13.9. The molecule has 122 valence electrons. The molecule has 1 heterocycles. The Hall–Kier alpha value is -2.79. The Morgan fingerprint density at radius 2 is 1.79 bits per heavy atom. The van der Waals surface area contributed by atoms with Crippen molar-refractivity contribution < 1.29 is 14.7 Å². The minimum atomic E-state index is -0.571. The number of rotatable bonds is 3. The van der Waals surface area contributed by atoms with Crippen LogP contribution in [0.4, 0.5) is 11.4 Å². The SMILES string of the molecule is Cc1ccc(C)c(N2C(=O)C(Cl)=C(Nc3cccc(O)c3)C2=O)c1. The van der Waals surface area contributed by atoms with Gasteiger partial charge in [0.15, 0.2) is 0 Å². The van der Waals surface area contributed by atoms with E-state index < -0.39 is 11.8 Å². The molecule has 24 heavy (non-hydrogen) atoms. The second kappa shape index (κ2) is 6.02. The van der Waals surface area contributed by atoms with Gasteiger partial charge in [0, 0.05) is 11.8 Å². The molecule has 0 spiro atoms. The lowest BCUT2D eigenvalue weighted by Gasteiger charge is -2.18. The number of hydrogen-bond donors (Lipinski definition) is 2. The number of amides is 2. The van der Waals surface area contributed by atoms with E-state index in [0.717, 1.165) is 16.0 Å². The van der Waals surface area contributed by atoms with Gasteiger partial charge in [0.2, 0.25) is 0 Å². The van der Waals surface area contributed by atoms with E-state index in [-0.39, 0.29) is 16.5 Å². The third kappa shape index (κ3) is 2.74. The lowest BCUT2D eigenvalue weighted by atomic mass is 10.1. The summed E-state index contributed by atoms with van der Waals surface area (Å²) >= 11 is 6.09. The highest BCUT2D eigenvalue weighted by molar-refractivity contribution is 6.53. The van der Waals surface area contributed by atoms with Crippen molar-refractivity contribution in [2.45, 2.75) is 13.8 Å². The first-order valence-electron chi connectivity index (χ1n) is 7.30. The topological polar surface area (TPSA) is 69.6 Å². The lowest BCUT2D eigenvalue weighted by Crippen LogP contribution is -2.32. The van der Waals surface area contributed by atoms with Crippen LogP contribution < -0.4 is 10.2 Å². The summed E-state index contributed by atoms with van der Waals surface area (Å²) in [7, 11) is 0. The Kier molecular flexibility index (Phi) is 4.03. The molecule has 5 nitrogen and oxygen atoms in total. The first-order chi connectivity index (χ1) is 11.4. The maximum absolute atomic E-state index is 12.7. The summed E-state index contributed by atoms with van der Waals surface area (Å²) < 4.78 is 0. The fourth-order valence-corrected chi connectivity index (χ4v) is 2.73. The van der Waals surface area contributed by atoms with Crippen molar-refractivity contribution in [3.8, 4) is 5.75 Å². The summed E-state index contributed by atoms with van der Waals surface area (Å²) in [5, 5.41) is 12.2. The van der Waals surface area contributed by atoms with Crippen LogP contribution in [0.15, 0.2) is 53.2 Å². The van der Waals surface area contributed by atoms with Crippen molar-refractivity contribution in [3.05, 3.63) is 64.3 Å². The summed E-state index contributed by atoms with van der Waals surface area (Å²) in [5.74, 6) is -1.06. The average molecular weight is 343 g/mol. The van der Waals surface area contributed by atoms with Crippen molar-refractivity contribution in [2.24, 2.45) is 0 Å². The molecule has 1 aliphatic heterocycles. The fraction of sp³-hybridized carbons (Fsp3) is 0.111. The predicted molar refractivity (Wildman–Crippen MR) is 93.0 cm³/mol. The van der Waals surface area contributed by atoms with Crippen LogP contribution in [-0.4, -0.2) is 16.9 Å². The smallest absolute Gasteiger partial charge is 0.283 e. The summed E-state index contributed by atoms with van der Waals surface area (Å²) in [5.41, 5.74) is 2.70. The summed E-state index contributed by atoms with van der Waals surface area (Å²) in [6.45, 7) is 3.71. The molecule has 0 saturated heterocycles. The molecule has 0 bridgehead atoms. The first-order valence-corrected chi connectivity index (χ1v) is 7.68. The quantitative estimate of drug-likeness (QED) is 0.838. The monoisotopic (exact) mass is 342 g/mol. The van der Waals surface area contributed by atoms with Gasteiger partial charge in [-0.25, -0.2) is 4.90 Å². The van der Waals surface area contributed by atoms with Crippen LogP contribution >= 0.6 is 11.6 Å². The molecule has 0 atom stereocenters. The Balaban J connectivity index is 1.97. The van der Waals surface area contributed by atoms with Gasteiger partial charge in [0.05, 0.1) is 5.69 Å². The average Bonchev–Trinajstić information content (AvgIpc) is 2.74. The fourth-order valence-electron chi connectivity index (χ4n) is 2.52.